The first-order valence-corrected chi connectivity index (χ1v) is 4.67. The summed E-state index contributed by atoms with van der Waals surface area (Å²) in [4.78, 5) is 11.0. The summed E-state index contributed by atoms with van der Waals surface area (Å²) in [6.07, 6.45) is 1.70. The third-order valence-electron chi connectivity index (χ3n) is 2.67. The Hall–Kier alpha value is -1.38. The Morgan fingerprint density at radius 2 is 2.21 bits per heavy atom. The number of carbonyl (C=O) groups is 1. The van der Waals surface area contributed by atoms with Gasteiger partial charge in [0.25, 0.3) is 0 Å². The molecular weight excluding hydrogens is 183 g/mol. The van der Waals surface area contributed by atoms with Crippen molar-refractivity contribution in [1.29, 1.82) is 0 Å². The van der Waals surface area contributed by atoms with Crippen LogP contribution in [0.25, 0.3) is 0 Å². The van der Waals surface area contributed by atoms with Crippen molar-refractivity contribution in [3.63, 3.8) is 0 Å². The first-order valence-electron chi connectivity index (χ1n) is 4.67. The summed E-state index contributed by atoms with van der Waals surface area (Å²) in [7, 11) is 0. The molecule has 1 fully saturated rings. The number of phenols is 1. The van der Waals surface area contributed by atoms with Crippen molar-refractivity contribution in [3.05, 3.63) is 29.6 Å². The van der Waals surface area contributed by atoms with Gasteiger partial charge in [-0.15, -0.1) is 0 Å². The van der Waals surface area contributed by atoms with Crippen LogP contribution < -0.4 is 0 Å². The van der Waals surface area contributed by atoms with E-state index in [4.69, 9.17) is 5.11 Å². The molecule has 1 aromatic carbocycles. The monoisotopic (exact) mass is 194 g/mol. The van der Waals surface area contributed by atoms with Gasteiger partial charge in [0, 0.05) is 18.9 Å². The zero-order chi connectivity index (χ0) is 10.1. The van der Waals surface area contributed by atoms with Gasteiger partial charge in [0.05, 0.1) is 0 Å². The zero-order valence-corrected chi connectivity index (χ0v) is 7.66. The summed E-state index contributed by atoms with van der Waals surface area (Å²) in [5.41, 5.74) is 0.550. The number of halogens is 1. The molecule has 1 aromatic rings. The normalized spacial score (nSPS) is 21.5. The number of phenolic OH excluding ortho intramolecular Hbond substituents is 1. The average molecular weight is 194 g/mol. The highest BCUT2D eigenvalue weighted by Crippen LogP contribution is 2.34. The highest BCUT2D eigenvalue weighted by Gasteiger charge is 2.25. The number of aromatic hydroxyl groups is 1. The third kappa shape index (κ3) is 1.62. The zero-order valence-electron chi connectivity index (χ0n) is 7.66. The maximum Gasteiger partial charge on any atom is 0.133 e. The molecule has 3 heteroatoms. The molecule has 2 rings (SSSR count). The first kappa shape index (κ1) is 9.19. The molecule has 1 saturated carbocycles. The third-order valence-corrected chi connectivity index (χ3v) is 2.67. The van der Waals surface area contributed by atoms with E-state index < -0.39 is 5.82 Å². The number of hydrogen-bond donors (Lipinski definition) is 1. The predicted octanol–water partition coefficient (Wildman–Crippen LogP) is 2.37. The van der Waals surface area contributed by atoms with Crippen molar-refractivity contribution in [3.8, 4) is 5.75 Å². The molecule has 1 N–H and O–H groups in total. The van der Waals surface area contributed by atoms with Gasteiger partial charge >= 0.3 is 0 Å². The van der Waals surface area contributed by atoms with Crippen molar-refractivity contribution in [2.45, 2.75) is 25.2 Å². The lowest BCUT2D eigenvalue weighted by molar-refractivity contribution is -0.117. The lowest BCUT2D eigenvalue weighted by Crippen LogP contribution is -1.97. The largest absolute Gasteiger partial charge is 0.508 e. The van der Waals surface area contributed by atoms with Gasteiger partial charge in [-0.3, -0.25) is 4.79 Å². The Labute approximate surface area is 81.4 Å². The highest BCUT2D eigenvalue weighted by atomic mass is 19.1. The molecule has 2 nitrogen and oxygen atoms in total. The van der Waals surface area contributed by atoms with E-state index in [-0.39, 0.29) is 17.5 Å². The predicted molar refractivity (Wildman–Crippen MR) is 49.7 cm³/mol. The summed E-state index contributed by atoms with van der Waals surface area (Å²) < 4.78 is 13.4. The van der Waals surface area contributed by atoms with Crippen LogP contribution in [0, 0.1) is 5.82 Å². The minimum atomic E-state index is -0.412. The summed E-state index contributed by atoms with van der Waals surface area (Å²) in [5, 5.41) is 9.03. The van der Waals surface area contributed by atoms with E-state index in [1.807, 2.05) is 0 Å². The minimum absolute atomic E-state index is 0.00287. The van der Waals surface area contributed by atoms with E-state index in [1.54, 1.807) is 6.07 Å². The van der Waals surface area contributed by atoms with E-state index in [2.05, 4.69) is 0 Å². The van der Waals surface area contributed by atoms with Gasteiger partial charge in [0.15, 0.2) is 0 Å². The molecule has 0 spiro atoms. The molecule has 1 aliphatic rings. The SMILES string of the molecule is O=C1CCC(c2ccc(O)cc2F)C1. The maximum atomic E-state index is 13.4. The number of benzene rings is 1. The fourth-order valence-electron chi connectivity index (χ4n) is 1.93. The molecule has 74 valence electrons. The van der Waals surface area contributed by atoms with Crippen LogP contribution in [0.1, 0.15) is 30.7 Å². The van der Waals surface area contributed by atoms with Crippen molar-refractivity contribution in [1.82, 2.24) is 0 Å². The van der Waals surface area contributed by atoms with Gasteiger partial charge in [0.1, 0.15) is 17.3 Å². The molecule has 0 aromatic heterocycles. The van der Waals surface area contributed by atoms with E-state index in [1.165, 1.54) is 6.07 Å². The van der Waals surface area contributed by atoms with E-state index in [0.29, 0.717) is 18.4 Å². The van der Waals surface area contributed by atoms with Crippen LogP contribution in [0.4, 0.5) is 4.39 Å². The second-order valence-corrected chi connectivity index (χ2v) is 3.68. The Morgan fingerprint density at radius 1 is 1.43 bits per heavy atom. The standard InChI is InChI=1S/C11H11FO2/c12-11-6-9(14)3-4-10(11)7-1-2-8(13)5-7/h3-4,6-7,14H,1-2,5H2. The van der Waals surface area contributed by atoms with E-state index in [9.17, 15) is 9.18 Å². The van der Waals surface area contributed by atoms with Gasteiger partial charge in [0.2, 0.25) is 0 Å². The summed E-state index contributed by atoms with van der Waals surface area (Å²) >= 11 is 0. The second kappa shape index (κ2) is 3.40. The van der Waals surface area contributed by atoms with Crippen molar-refractivity contribution < 1.29 is 14.3 Å². The van der Waals surface area contributed by atoms with Crippen LogP contribution in [0.2, 0.25) is 0 Å². The van der Waals surface area contributed by atoms with Crippen LogP contribution in [0.15, 0.2) is 18.2 Å². The molecular formula is C11H11FO2. The number of carbonyl (C=O) groups excluding carboxylic acids is 1. The van der Waals surface area contributed by atoms with Gasteiger partial charge in [-0.05, 0) is 24.0 Å². The number of ketones is 1. The first-order chi connectivity index (χ1) is 6.66. The van der Waals surface area contributed by atoms with E-state index in [0.717, 1.165) is 12.5 Å². The average Bonchev–Trinajstić information content (AvgIpc) is 2.51. The maximum absolute atomic E-state index is 13.4. The highest BCUT2D eigenvalue weighted by molar-refractivity contribution is 5.81. The number of Topliss-reactive ketones (excluding diaryl/α,β-unsaturated/α-hetero) is 1. The number of hydrogen-bond acceptors (Lipinski definition) is 2. The Kier molecular flexibility index (Phi) is 2.23. The summed E-state index contributed by atoms with van der Waals surface area (Å²) in [5.74, 6) is -0.286. The van der Waals surface area contributed by atoms with Crippen LogP contribution in [0.5, 0.6) is 5.75 Å². The molecule has 1 atom stereocenters. The fourth-order valence-corrected chi connectivity index (χ4v) is 1.93. The molecule has 0 bridgehead atoms. The van der Waals surface area contributed by atoms with Crippen LogP contribution >= 0.6 is 0 Å². The van der Waals surface area contributed by atoms with Crippen molar-refractivity contribution in [2.24, 2.45) is 0 Å². The summed E-state index contributed by atoms with van der Waals surface area (Å²) in [6.45, 7) is 0. The Bertz CT molecular complexity index is 374. The quantitative estimate of drug-likeness (QED) is 0.745. The molecule has 14 heavy (non-hydrogen) atoms. The van der Waals surface area contributed by atoms with Crippen LogP contribution in [-0.4, -0.2) is 10.9 Å². The number of rotatable bonds is 1. The molecule has 0 radical (unpaired) electrons. The molecule has 0 aliphatic heterocycles. The van der Waals surface area contributed by atoms with Crippen molar-refractivity contribution in [2.75, 3.05) is 0 Å². The molecule has 0 amide bonds. The van der Waals surface area contributed by atoms with Gasteiger partial charge < -0.3 is 5.11 Å². The molecule has 1 aliphatic carbocycles. The van der Waals surface area contributed by atoms with Gasteiger partial charge in [-0.2, -0.15) is 0 Å². The van der Waals surface area contributed by atoms with Crippen molar-refractivity contribution >= 4 is 5.78 Å². The molecule has 0 heterocycles. The van der Waals surface area contributed by atoms with Gasteiger partial charge in [-0.25, -0.2) is 4.39 Å². The molecule has 1 unspecified atom stereocenters. The topological polar surface area (TPSA) is 37.3 Å². The second-order valence-electron chi connectivity index (χ2n) is 3.68. The molecule has 0 saturated heterocycles. The van der Waals surface area contributed by atoms with Crippen LogP contribution in [0.3, 0.4) is 0 Å². The van der Waals surface area contributed by atoms with Gasteiger partial charge in [-0.1, -0.05) is 6.07 Å². The Morgan fingerprint density at radius 3 is 2.79 bits per heavy atom. The lowest BCUT2D eigenvalue weighted by Gasteiger charge is -2.09. The fraction of sp³-hybridized carbons (Fsp3) is 0.364. The smallest absolute Gasteiger partial charge is 0.133 e. The lowest BCUT2D eigenvalue weighted by atomic mass is 9.97. The Balaban J connectivity index is 2.28. The minimum Gasteiger partial charge on any atom is -0.508 e. The summed E-state index contributed by atoms with van der Waals surface area (Å²) in [6, 6.07) is 4.12. The van der Waals surface area contributed by atoms with E-state index >= 15 is 0 Å². The van der Waals surface area contributed by atoms with Crippen LogP contribution in [-0.2, 0) is 4.79 Å².